The number of likely N-dealkylation sites (tertiary alicyclic amines) is 1. The van der Waals surface area contributed by atoms with Gasteiger partial charge in [0.1, 0.15) is 0 Å². The minimum Gasteiger partial charge on any atom is -0.347 e. The first-order valence-corrected chi connectivity index (χ1v) is 8.82. The predicted octanol–water partition coefficient (Wildman–Crippen LogP) is 2.61. The third-order valence-electron chi connectivity index (χ3n) is 4.55. The number of hydrogen-bond donors (Lipinski definition) is 0. The molecule has 0 atom stereocenters. The van der Waals surface area contributed by atoms with Crippen LogP contribution in [-0.2, 0) is 9.47 Å². The van der Waals surface area contributed by atoms with E-state index in [-0.39, 0.29) is 5.91 Å². The average Bonchev–Trinajstić information content (AvgIpc) is 3.26. The molecule has 2 saturated heterocycles. The van der Waals surface area contributed by atoms with Gasteiger partial charge >= 0.3 is 0 Å². The number of nitrogens with zero attached hydrogens (tertiary/aromatic N) is 3. The Morgan fingerprint density at radius 3 is 2.46 bits per heavy atom. The molecule has 0 unspecified atom stereocenters. The fraction of sp³-hybridized carbons (Fsp3) is 0.412. The van der Waals surface area contributed by atoms with Crippen LogP contribution >= 0.6 is 15.9 Å². The van der Waals surface area contributed by atoms with E-state index in [0.717, 1.165) is 23.0 Å². The maximum absolute atomic E-state index is 12.7. The first-order chi connectivity index (χ1) is 11.7. The highest BCUT2D eigenvalue weighted by atomic mass is 79.9. The Balaban J connectivity index is 1.45. The van der Waals surface area contributed by atoms with Crippen molar-refractivity contribution in [2.24, 2.45) is 0 Å². The van der Waals surface area contributed by atoms with E-state index in [4.69, 9.17) is 9.47 Å². The number of benzene rings is 1. The fourth-order valence-electron chi connectivity index (χ4n) is 3.19. The van der Waals surface area contributed by atoms with Crippen LogP contribution in [0.5, 0.6) is 0 Å². The molecular weight excluding hydrogens is 374 g/mol. The molecule has 24 heavy (non-hydrogen) atoms. The van der Waals surface area contributed by atoms with Crippen molar-refractivity contribution in [2.45, 2.75) is 18.6 Å². The van der Waals surface area contributed by atoms with E-state index in [1.54, 1.807) is 17.1 Å². The second-order valence-corrected chi connectivity index (χ2v) is 6.97. The normalized spacial score (nSPS) is 19.8. The summed E-state index contributed by atoms with van der Waals surface area (Å²) in [6, 6.07) is 7.80. The Morgan fingerprint density at radius 2 is 1.79 bits per heavy atom. The lowest BCUT2D eigenvalue weighted by molar-refractivity contribution is -0.181. The van der Waals surface area contributed by atoms with E-state index in [2.05, 4.69) is 21.0 Å². The van der Waals surface area contributed by atoms with Gasteiger partial charge in [0.05, 0.1) is 30.7 Å². The molecule has 6 nitrogen and oxygen atoms in total. The topological polar surface area (TPSA) is 56.6 Å². The van der Waals surface area contributed by atoms with Gasteiger partial charge in [-0.25, -0.2) is 4.68 Å². The maximum Gasteiger partial charge on any atom is 0.257 e. The molecule has 1 aromatic heterocycles. The van der Waals surface area contributed by atoms with Crippen LogP contribution in [0, 0.1) is 0 Å². The zero-order valence-electron chi connectivity index (χ0n) is 13.2. The van der Waals surface area contributed by atoms with Crippen molar-refractivity contribution in [1.29, 1.82) is 0 Å². The monoisotopic (exact) mass is 391 g/mol. The minimum atomic E-state index is -0.460. The molecule has 2 aromatic rings. The standard InChI is InChI=1S/C17H18BrN3O3/c18-14-1-3-15(4-2-14)21-12-13(11-19-21)16(22)20-7-5-17(6-8-20)23-9-10-24-17/h1-4,11-12H,5-10H2. The lowest BCUT2D eigenvalue weighted by Crippen LogP contribution is -2.47. The van der Waals surface area contributed by atoms with Crippen LogP contribution in [-0.4, -0.2) is 52.7 Å². The van der Waals surface area contributed by atoms with Crippen molar-refractivity contribution in [2.75, 3.05) is 26.3 Å². The molecular formula is C17H18BrN3O3. The Bertz CT molecular complexity index is 728. The van der Waals surface area contributed by atoms with E-state index < -0.39 is 5.79 Å². The van der Waals surface area contributed by atoms with Crippen molar-refractivity contribution in [3.05, 3.63) is 46.7 Å². The summed E-state index contributed by atoms with van der Waals surface area (Å²) in [4.78, 5) is 14.5. The van der Waals surface area contributed by atoms with E-state index in [0.29, 0.717) is 31.9 Å². The Labute approximate surface area is 148 Å². The molecule has 0 radical (unpaired) electrons. The molecule has 7 heteroatoms. The molecule has 1 amide bonds. The number of rotatable bonds is 2. The summed E-state index contributed by atoms with van der Waals surface area (Å²) < 4.78 is 14.1. The molecule has 126 valence electrons. The number of aromatic nitrogens is 2. The van der Waals surface area contributed by atoms with Crippen LogP contribution < -0.4 is 0 Å². The Kier molecular flexibility index (Phi) is 4.15. The summed E-state index contributed by atoms with van der Waals surface area (Å²) in [5.41, 5.74) is 1.52. The van der Waals surface area contributed by atoms with Gasteiger partial charge in [-0.05, 0) is 24.3 Å². The van der Waals surface area contributed by atoms with Gasteiger partial charge in [-0.15, -0.1) is 0 Å². The van der Waals surface area contributed by atoms with Gasteiger partial charge in [0.15, 0.2) is 5.79 Å². The molecule has 1 spiro atoms. The largest absolute Gasteiger partial charge is 0.347 e. The number of hydrogen-bond acceptors (Lipinski definition) is 4. The van der Waals surface area contributed by atoms with Crippen molar-refractivity contribution in [3.8, 4) is 5.69 Å². The lowest BCUT2D eigenvalue weighted by Gasteiger charge is -2.37. The zero-order valence-corrected chi connectivity index (χ0v) is 14.7. The summed E-state index contributed by atoms with van der Waals surface area (Å²) in [5.74, 6) is -0.454. The number of carbonyl (C=O) groups excluding carboxylic acids is 1. The van der Waals surface area contributed by atoms with Crippen LogP contribution in [0.2, 0.25) is 0 Å². The molecule has 0 aliphatic carbocycles. The van der Waals surface area contributed by atoms with E-state index in [9.17, 15) is 4.79 Å². The van der Waals surface area contributed by atoms with Crippen molar-refractivity contribution < 1.29 is 14.3 Å². The summed E-state index contributed by atoms with van der Waals surface area (Å²) >= 11 is 3.41. The quantitative estimate of drug-likeness (QED) is 0.789. The molecule has 3 heterocycles. The SMILES string of the molecule is O=C(c1cnn(-c2ccc(Br)cc2)c1)N1CCC2(CC1)OCCO2. The predicted molar refractivity (Wildman–Crippen MR) is 91.0 cm³/mol. The summed E-state index contributed by atoms with van der Waals surface area (Å²) in [6.07, 6.45) is 4.84. The minimum absolute atomic E-state index is 0.00575. The van der Waals surface area contributed by atoms with Gasteiger partial charge in [-0.3, -0.25) is 4.79 Å². The zero-order chi connectivity index (χ0) is 16.6. The second kappa shape index (κ2) is 6.31. The summed E-state index contributed by atoms with van der Waals surface area (Å²) in [6.45, 7) is 2.58. The van der Waals surface area contributed by atoms with Crippen LogP contribution in [0.3, 0.4) is 0 Å². The van der Waals surface area contributed by atoms with Crippen LogP contribution in [0.25, 0.3) is 5.69 Å². The smallest absolute Gasteiger partial charge is 0.257 e. The average molecular weight is 392 g/mol. The van der Waals surface area contributed by atoms with Crippen LogP contribution in [0.1, 0.15) is 23.2 Å². The summed E-state index contributed by atoms with van der Waals surface area (Å²) in [5, 5.41) is 4.31. The van der Waals surface area contributed by atoms with Crippen molar-refractivity contribution in [3.63, 3.8) is 0 Å². The van der Waals surface area contributed by atoms with Gasteiger partial charge in [0.25, 0.3) is 5.91 Å². The highest BCUT2D eigenvalue weighted by molar-refractivity contribution is 9.10. The second-order valence-electron chi connectivity index (χ2n) is 6.05. The number of halogens is 1. The molecule has 1 aromatic carbocycles. The highest BCUT2D eigenvalue weighted by Gasteiger charge is 2.40. The molecule has 0 N–H and O–H groups in total. The first-order valence-electron chi connectivity index (χ1n) is 8.03. The summed E-state index contributed by atoms with van der Waals surface area (Å²) in [7, 11) is 0. The molecule has 2 aliphatic heterocycles. The number of piperidine rings is 1. The molecule has 4 rings (SSSR count). The molecule has 0 saturated carbocycles. The van der Waals surface area contributed by atoms with Gasteiger partial charge in [0.2, 0.25) is 0 Å². The third kappa shape index (κ3) is 2.99. The van der Waals surface area contributed by atoms with Gasteiger partial charge in [-0.1, -0.05) is 15.9 Å². The van der Waals surface area contributed by atoms with E-state index in [1.165, 1.54) is 0 Å². The van der Waals surface area contributed by atoms with E-state index in [1.807, 2.05) is 29.2 Å². The molecule has 2 fully saturated rings. The Morgan fingerprint density at radius 1 is 1.12 bits per heavy atom. The highest BCUT2D eigenvalue weighted by Crippen LogP contribution is 2.31. The van der Waals surface area contributed by atoms with E-state index >= 15 is 0 Å². The van der Waals surface area contributed by atoms with Gasteiger partial charge < -0.3 is 14.4 Å². The van der Waals surface area contributed by atoms with Gasteiger partial charge in [0, 0.05) is 36.6 Å². The molecule has 2 aliphatic rings. The lowest BCUT2D eigenvalue weighted by atomic mass is 10.0. The maximum atomic E-state index is 12.7. The van der Waals surface area contributed by atoms with Gasteiger partial charge in [-0.2, -0.15) is 5.10 Å². The first kappa shape index (κ1) is 15.8. The number of amides is 1. The third-order valence-corrected chi connectivity index (χ3v) is 5.08. The van der Waals surface area contributed by atoms with Crippen LogP contribution in [0.4, 0.5) is 0 Å². The fourth-order valence-corrected chi connectivity index (χ4v) is 3.45. The number of carbonyl (C=O) groups is 1. The van der Waals surface area contributed by atoms with Crippen molar-refractivity contribution >= 4 is 21.8 Å². The number of ether oxygens (including phenoxy) is 2. The molecule has 0 bridgehead atoms. The Hall–Kier alpha value is -1.70. The van der Waals surface area contributed by atoms with Crippen LogP contribution in [0.15, 0.2) is 41.1 Å². The van der Waals surface area contributed by atoms with Crippen molar-refractivity contribution in [1.82, 2.24) is 14.7 Å².